The number of nitrogens with zero attached hydrogens (tertiary/aromatic N) is 2. The van der Waals surface area contributed by atoms with Crippen molar-refractivity contribution in [2.45, 2.75) is 40.9 Å². The van der Waals surface area contributed by atoms with E-state index in [9.17, 15) is 17.2 Å². The molecule has 0 N–H and O–H groups in total. The second kappa shape index (κ2) is 8.83. The van der Waals surface area contributed by atoms with E-state index < -0.39 is 20.5 Å². The predicted octanol–water partition coefficient (Wildman–Crippen LogP) is 4.70. The number of sulfone groups is 1. The maximum absolute atomic E-state index is 12.5. The fourth-order valence-electron chi connectivity index (χ4n) is 2.56. The van der Waals surface area contributed by atoms with Crippen molar-refractivity contribution in [3.05, 3.63) is 71.6 Å². The summed E-state index contributed by atoms with van der Waals surface area (Å²) >= 11 is 1.30. The van der Waals surface area contributed by atoms with Crippen LogP contribution >= 0.6 is 11.8 Å². The Labute approximate surface area is 166 Å². The zero-order valence-corrected chi connectivity index (χ0v) is 16.6. The average Bonchev–Trinajstić information content (AvgIpc) is 3.14. The van der Waals surface area contributed by atoms with Gasteiger partial charge in [-0.2, -0.15) is 8.78 Å². The van der Waals surface area contributed by atoms with Gasteiger partial charge in [-0.1, -0.05) is 61.2 Å². The Bertz CT molecular complexity index is 1010. The van der Waals surface area contributed by atoms with Crippen molar-refractivity contribution in [3.63, 3.8) is 0 Å². The smallest absolute Gasteiger partial charge is 0.341 e. The number of hydrogen-bond acceptors (Lipinski definition) is 6. The maximum Gasteiger partial charge on any atom is 0.341 e. The van der Waals surface area contributed by atoms with Crippen LogP contribution in [0.25, 0.3) is 0 Å². The van der Waals surface area contributed by atoms with Crippen molar-refractivity contribution in [3.8, 4) is 0 Å². The van der Waals surface area contributed by atoms with Gasteiger partial charge < -0.3 is 4.42 Å². The molecule has 1 aromatic heterocycles. The van der Waals surface area contributed by atoms with Crippen LogP contribution in [0.4, 0.5) is 8.78 Å². The van der Waals surface area contributed by atoms with Gasteiger partial charge in [-0.15, -0.1) is 10.2 Å². The number of halogens is 2. The van der Waals surface area contributed by atoms with Crippen molar-refractivity contribution < 1.29 is 21.6 Å². The monoisotopic (exact) mass is 424 g/mol. The molecule has 0 aliphatic heterocycles. The molecule has 1 unspecified atom stereocenters. The lowest BCUT2D eigenvalue weighted by Gasteiger charge is -2.08. The molecule has 0 bridgehead atoms. The van der Waals surface area contributed by atoms with Gasteiger partial charge in [0.15, 0.2) is 0 Å². The van der Waals surface area contributed by atoms with Gasteiger partial charge >= 0.3 is 5.76 Å². The van der Waals surface area contributed by atoms with Crippen molar-refractivity contribution in [2.75, 3.05) is 0 Å². The highest BCUT2D eigenvalue weighted by Crippen LogP contribution is 2.26. The lowest BCUT2D eigenvalue weighted by Crippen LogP contribution is -2.11. The van der Waals surface area contributed by atoms with E-state index in [1.165, 1.54) is 41.6 Å². The van der Waals surface area contributed by atoms with Crippen LogP contribution in [0.3, 0.4) is 0 Å². The van der Waals surface area contributed by atoms with Crippen LogP contribution in [-0.2, 0) is 22.0 Å². The lowest BCUT2D eigenvalue weighted by molar-refractivity contribution is 0.234. The molecule has 28 heavy (non-hydrogen) atoms. The minimum absolute atomic E-state index is 0.240. The van der Waals surface area contributed by atoms with Gasteiger partial charge in [0, 0.05) is 12.2 Å². The molecular formula is C19H18F2N2O3S2. The van der Waals surface area contributed by atoms with Crippen LogP contribution in [-0.4, -0.2) is 24.4 Å². The molecule has 0 fully saturated rings. The fraction of sp³-hybridized carbons (Fsp3) is 0.263. The third-order valence-corrected chi connectivity index (χ3v) is 6.43. The minimum Gasteiger partial charge on any atom is -0.416 e. The van der Waals surface area contributed by atoms with Gasteiger partial charge in [-0.05, 0) is 29.2 Å². The molecule has 9 heteroatoms. The van der Waals surface area contributed by atoms with Gasteiger partial charge in [-0.25, -0.2) is 8.42 Å². The Morgan fingerprint density at radius 1 is 1.04 bits per heavy atom. The maximum atomic E-state index is 12.5. The minimum atomic E-state index is -4.57. The van der Waals surface area contributed by atoms with Crippen molar-refractivity contribution in [1.29, 1.82) is 0 Å². The van der Waals surface area contributed by atoms with Gasteiger partial charge in [0.25, 0.3) is 5.22 Å². The molecule has 3 aromatic rings. The molecule has 0 aliphatic rings. The molecule has 1 atom stereocenters. The molecular weight excluding hydrogens is 406 g/mol. The molecule has 0 aliphatic carbocycles. The van der Waals surface area contributed by atoms with Crippen molar-refractivity contribution in [2.24, 2.45) is 0 Å². The van der Waals surface area contributed by atoms with E-state index in [1.807, 2.05) is 18.2 Å². The molecule has 0 saturated heterocycles. The number of aromatic nitrogens is 2. The van der Waals surface area contributed by atoms with Crippen LogP contribution in [0.1, 0.15) is 29.9 Å². The van der Waals surface area contributed by atoms with Crippen LogP contribution < -0.4 is 0 Å². The largest absolute Gasteiger partial charge is 0.416 e. The van der Waals surface area contributed by atoms with E-state index in [0.717, 1.165) is 5.56 Å². The number of rotatable bonds is 8. The molecule has 0 saturated carbocycles. The molecule has 0 amide bonds. The normalized spacial score (nSPS) is 13.0. The summed E-state index contributed by atoms with van der Waals surface area (Å²) in [4.78, 5) is -0.397. The first-order valence-electron chi connectivity index (χ1n) is 8.47. The first-order valence-corrected chi connectivity index (χ1v) is 11.0. The average molecular weight is 424 g/mol. The van der Waals surface area contributed by atoms with Crippen LogP contribution in [0.5, 0.6) is 0 Å². The third-order valence-electron chi connectivity index (χ3n) is 4.15. The van der Waals surface area contributed by atoms with E-state index in [4.69, 9.17) is 4.42 Å². The summed E-state index contributed by atoms with van der Waals surface area (Å²) in [7, 11) is -4.57. The van der Waals surface area contributed by atoms with Gasteiger partial charge in [0.05, 0.1) is 4.90 Å². The molecule has 0 radical (unpaired) electrons. The SMILES string of the molecule is CC(Cc1nnc(SCc2ccc(S(=O)(=O)C(F)F)cc2)o1)c1ccccc1. The van der Waals surface area contributed by atoms with Gasteiger partial charge in [0.2, 0.25) is 15.7 Å². The number of benzene rings is 2. The second-order valence-corrected chi connectivity index (χ2v) is 9.06. The van der Waals surface area contributed by atoms with Crippen molar-refractivity contribution in [1.82, 2.24) is 10.2 Å². The standard InChI is InChI=1S/C19H18F2N2O3S2/c1-13(15-5-3-2-4-6-15)11-17-22-23-19(26-17)27-12-14-7-9-16(10-8-14)28(24,25)18(20)21/h2-10,13,18H,11-12H2,1H3. The van der Waals surface area contributed by atoms with Crippen molar-refractivity contribution >= 4 is 21.6 Å². The summed E-state index contributed by atoms with van der Waals surface area (Å²) in [6.07, 6.45) is 0.623. The molecule has 5 nitrogen and oxygen atoms in total. The first-order chi connectivity index (χ1) is 13.4. The molecule has 3 rings (SSSR count). The zero-order chi connectivity index (χ0) is 20.1. The summed E-state index contributed by atoms with van der Waals surface area (Å²) in [6, 6.07) is 15.4. The highest BCUT2D eigenvalue weighted by molar-refractivity contribution is 7.98. The Balaban J connectivity index is 1.57. The Morgan fingerprint density at radius 3 is 2.36 bits per heavy atom. The predicted molar refractivity (Wildman–Crippen MR) is 102 cm³/mol. The highest BCUT2D eigenvalue weighted by atomic mass is 32.2. The van der Waals surface area contributed by atoms with E-state index in [2.05, 4.69) is 29.3 Å². The van der Waals surface area contributed by atoms with Crippen LogP contribution in [0.2, 0.25) is 0 Å². The topological polar surface area (TPSA) is 73.1 Å². The summed E-state index contributed by atoms with van der Waals surface area (Å²) in [5.74, 6) is -2.20. The van der Waals surface area contributed by atoms with Gasteiger partial charge in [0.1, 0.15) is 0 Å². The summed E-state index contributed by atoms with van der Waals surface area (Å²) in [5.41, 5.74) is 1.95. The van der Waals surface area contributed by atoms with E-state index in [0.29, 0.717) is 23.3 Å². The molecule has 2 aromatic carbocycles. The quantitative estimate of drug-likeness (QED) is 0.488. The number of thioether (sulfide) groups is 1. The summed E-state index contributed by atoms with van der Waals surface area (Å²) in [6.45, 7) is 2.08. The number of alkyl halides is 2. The third kappa shape index (κ3) is 4.96. The van der Waals surface area contributed by atoms with Crippen LogP contribution in [0, 0.1) is 0 Å². The molecule has 1 heterocycles. The van der Waals surface area contributed by atoms with E-state index in [1.54, 1.807) is 0 Å². The van der Waals surface area contributed by atoms with E-state index >= 15 is 0 Å². The Hall–Kier alpha value is -2.26. The molecule has 148 valence electrons. The Morgan fingerprint density at radius 2 is 1.71 bits per heavy atom. The lowest BCUT2D eigenvalue weighted by atomic mass is 9.98. The fourth-order valence-corrected chi connectivity index (χ4v) is 4.02. The van der Waals surface area contributed by atoms with E-state index in [-0.39, 0.29) is 5.92 Å². The second-order valence-electron chi connectivity index (χ2n) is 6.22. The number of hydrogen-bond donors (Lipinski definition) is 0. The molecule has 0 spiro atoms. The first kappa shape index (κ1) is 20.5. The highest BCUT2D eigenvalue weighted by Gasteiger charge is 2.26. The van der Waals surface area contributed by atoms with Gasteiger partial charge in [-0.3, -0.25) is 0 Å². The Kier molecular flexibility index (Phi) is 6.46. The summed E-state index contributed by atoms with van der Waals surface area (Å²) in [5, 5.41) is 8.47. The summed E-state index contributed by atoms with van der Waals surface area (Å²) < 4.78 is 53.6. The zero-order valence-electron chi connectivity index (χ0n) is 15.0. The van der Waals surface area contributed by atoms with Crippen LogP contribution in [0.15, 0.2) is 69.1 Å².